The highest BCUT2D eigenvalue weighted by Crippen LogP contribution is 2.22. The first-order chi connectivity index (χ1) is 8.63. The van der Waals surface area contributed by atoms with Crippen molar-refractivity contribution in [2.24, 2.45) is 5.92 Å². The number of amides is 1. The van der Waals surface area contributed by atoms with Crippen molar-refractivity contribution in [3.63, 3.8) is 0 Å². The quantitative estimate of drug-likeness (QED) is 0.555. The summed E-state index contributed by atoms with van der Waals surface area (Å²) in [7, 11) is 0. The number of likely N-dealkylation sites (tertiary alicyclic amines) is 1. The number of carboxylic acid groups (broad SMARTS) is 1. The number of carbonyl (C=O) groups is 2. The number of nitrogens with zero attached hydrogens (tertiary/aromatic N) is 1. The van der Waals surface area contributed by atoms with Crippen LogP contribution in [-0.4, -0.2) is 35.0 Å². The molecule has 0 aromatic rings. The van der Waals surface area contributed by atoms with Crippen molar-refractivity contribution in [3.05, 3.63) is 0 Å². The Morgan fingerprint density at radius 2 is 2.11 bits per heavy atom. The first-order valence-corrected chi connectivity index (χ1v) is 6.56. The van der Waals surface area contributed by atoms with E-state index in [1.165, 1.54) is 0 Å². The van der Waals surface area contributed by atoms with Crippen molar-refractivity contribution < 1.29 is 14.7 Å². The smallest absolute Gasteiger partial charge is 0.303 e. The minimum absolute atomic E-state index is 0.185. The predicted octanol–water partition coefficient (Wildman–Crippen LogP) is 1.89. The Labute approximate surface area is 108 Å². The second kappa shape index (κ2) is 7.75. The molecular weight excluding hydrogens is 230 g/mol. The monoisotopic (exact) mass is 251 g/mol. The minimum atomic E-state index is -0.755. The molecule has 1 rings (SSSR count). The zero-order valence-corrected chi connectivity index (χ0v) is 10.7. The molecule has 0 aliphatic carbocycles. The molecule has 1 saturated heterocycles. The van der Waals surface area contributed by atoms with Gasteiger partial charge in [-0.05, 0) is 31.6 Å². The Kier molecular flexibility index (Phi) is 6.27. The normalized spacial score (nSPS) is 18.6. The van der Waals surface area contributed by atoms with E-state index in [1.807, 2.05) is 4.90 Å². The third-order valence-electron chi connectivity index (χ3n) is 3.37. The van der Waals surface area contributed by atoms with Gasteiger partial charge in [-0.1, -0.05) is 0 Å². The van der Waals surface area contributed by atoms with Gasteiger partial charge in [0.15, 0.2) is 0 Å². The predicted molar refractivity (Wildman–Crippen MR) is 68.9 cm³/mol. The highest BCUT2D eigenvalue weighted by Gasteiger charge is 2.25. The lowest BCUT2D eigenvalue weighted by Crippen LogP contribution is -2.28. The molecule has 4 nitrogen and oxygen atoms in total. The van der Waals surface area contributed by atoms with Crippen LogP contribution in [0.15, 0.2) is 0 Å². The van der Waals surface area contributed by atoms with Crippen LogP contribution in [0.3, 0.4) is 0 Å². The largest absolute Gasteiger partial charge is 0.481 e. The first kappa shape index (κ1) is 14.6. The van der Waals surface area contributed by atoms with E-state index in [1.54, 1.807) is 0 Å². The summed E-state index contributed by atoms with van der Waals surface area (Å²) >= 11 is 0. The van der Waals surface area contributed by atoms with Crippen LogP contribution in [-0.2, 0) is 9.59 Å². The second-order valence-electron chi connectivity index (χ2n) is 4.84. The van der Waals surface area contributed by atoms with Gasteiger partial charge in [-0.15, -0.1) is 12.3 Å². The number of aliphatic carboxylic acids is 1. The van der Waals surface area contributed by atoms with Crippen LogP contribution in [0.1, 0.15) is 44.9 Å². The molecule has 0 aromatic heterocycles. The van der Waals surface area contributed by atoms with E-state index in [9.17, 15) is 9.59 Å². The zero-order chi connectivity index (χ0) is 13.4. The van der Waals surface area contributed by atoms with Gasteiger partial charge in [-0.2, -0.15) is 0 Å². The summed E-state index contributed by atoms with van der Waals surface area (Å²) in [5.41, 5.74) is 0. The average molecular weight is 251 g/mol. The minimum Gasteiger partial charge on any atom is -0.481 e. The van der Waals surface area contributed by atoms with Gasteiger partial charge in [0, 0.05) is 32.4 Å². The Morgan fingerprint density at radius 3 is 2.78 bits per heavy atom. The SMILES string of the molecule is C#CCCCCC(=O)N1CCC(CCC(=O)O)C1. The number of terminal acetylenes is 1. The lowest BCUT2D eigenvalue weighted by molar-refractivity contribution is -0.137. The summed E-state index contributed by atoms with van der Waals surface area (Å²) in [5, 5.41) is 8.62. The molecule has 1 heterocycles. The van der Waals surface area contributed by atoms with Crippen molar-refractivity contribution in [1.29, 1.82) is 0 Å². The van der Waals surface area contributed by atoms with Crippen molar-refractivity contribution in [1.82, 2.24) is 4.90 Å². The summed E-state index contributed by atoms with van der Waals surface area (Å²) in [5.74, 6) is 2.35. The maximum atomic E-state index is 11.9. The molecule has 1 N–H and O–H groups in total. The summed E-state index contributed by atoms with van der Waals surface area (Å²) in [4.78, 5) is 24.2. The van der Waals surface area contributed by atoms with Gasteiger partial charge in [0.2, 0.25) is 5.91 Å². The molecule has 18 heavy (non-hydrogen) atoms. The standard InChI is InChI=1S/C14H21NO3/c1-2-3-4-5-6-13(16)15-10-9-12(11-15)7-8-14(17)18/h1,12H,3-11H2,(H,17,18). The Morgan fingerprint density at radius 1 is 1.33 bits per heavy atom. The van der Waals surface area contributed by atoms with Crippen molar-refractivity contribution in [3.8, 4) is 12.3 Å². The molecule has 1 atom stereocenters. The number of hydrogen-bond donors (Lipinski definition) is 1. The lowest BCUT2D eigenvalue weighted by Gasteiger charge is -2.16. The second-order valence-corrected chi connectivity index (χ2v) is 4.84. The van der Waals surface area contributed by atoms with Crippen LogP contribution in [0.5, 0.6) is 0 Å². The van der Waals surface area contributed by atoms with E-state index in [2.05, 4.69) is 5.92 Å². The number of carbonyl (C=O) groups excluding carboxylic acids is 1. The van der Waals surface area contributed by atoms with Gasteiger partial charge < -0.3 is 10.0 Å². The molecule has 4 heteroatoms. The maximum Gasteiger partial charge on any atom is 0.303 e. The van der Waals surface area contributed by atoms with Gasteiger partial charge in [-0.25, -0.2) is 0 Å². The van der Waals surface area contributed by atoms with Crippen LogP contribution in [0.4, 0.5) is 0 Å². The van der Waals surface area contributed by atoms with E-state index in [0.29, 0.717) is 18.8 Å². The summed E-state index contributed by atoms with van der Waals surface area (Å²) in [6, 6.07) is 0. The van der Waals surface area contributed by atoms with Crippen LogP contribution in [0, 0.1) is 18.3 Å². The fourth-order valence-corrected chi connectivity index (χ4v) is 2.28. The molecular formula is C14H21NO3. The third kappa shape index (κ3) is 5.22. The van der Waals surface area contributed by atoms with E-state index >= 15 is 0 Å². The molecule has 1 amide bonds. The van der Waals surface area contributed by atoms with Crippen molar-refractivity contribution in [2.75, 3.05) is 13.1 Å². The fraction of sp³-hybridized carbons (Fsp3) is 0.714. The number of hydrogen-bond acceptors (Lipinski definition) is 2. The molecule has 0 bridgehead atoms. The molecule has 1 aliphatic heterocycles. The molecule has 100 valence electrons. The Hall–Kier alpha value is -1.50. The van der Waals surface area contributed by atoms with Gasteiger partial charge in [0.05, 0.1) is 0 Å². The van der Waals surface area contributed by atoms with Gasteiger partial charge in [0.25, 0.3) is 0 Å². The number of rotatable bonds is 7. The third-order valence-corrected chi connectivity index (χ3v) is 3.37. The fourth-order valence-electron chi connectivity index (χ4n) is 2.28. The number of unbranched alkanes of at least 4 members (excludes halogenated alkanes) is 2. The zero-order valence-electron chi connectivity index (χ0n) is 10.7. The van der Waals surface area contributed by atoms with Gasteiger partial charge >= 0.3 is 5.97 Å². The highest BCUT2D eigenvalue weighted by molar-refractivity contribution is 5.76. The lowest BCUT2D eigenvalue weighted by atomic mass is 10.0. The molecule has 0 aromatic carbocycles. The molecule has 0 spiro atoms. The van der Waals surface area contributed by atoms with Gasteiger partial charge in [0.1, 0.15) is 0 Å². The van der Waals surface area contributed by atoms with Crippen molar-refractivity contribution >= 4 is 11.9 Å². The molecule has 0 saturated carbocycles. The number of carboxylic acids is 1. The summed E-state index contributed by atoms with van der Waals surface area (Å²) in [6.07, 6.45) is 10.0. The molecule has 1 unspecified atom stereocenters. The van der Waals surface area contributed by atoms with Crippen molar-refractivity contribution in [2.45, 2.75) is 44.9 Å². The van der Waals surface area contributed by atoms with Crippen LogP contribution in [0.25, 0.3) is 0 Å². The van der Waals surface area contributed by atoms with E-state index < -0.39 is 5.97 Å². The first-order valence-electron chi connectivity index (χ1n) is 6.56. The Bertz CT molecular complexity index is 332. The van der Waals surface area contributed by atoms with E-state index in [4.69, 9.17) is 11.5 Å². The maximum absolute atomic E-state index is 11.9. The van der Waals surface area contributed by atoms with Crippen LogP contribution in [0.2, 0.25) is 0 Å². The van der Waals surface area contributed by atoms with Crippen LogP contribution < -0.4 is 0 Å². The van der Waals surface area contributed by atoms with Crippen LogP contribution >= 0.6 is 0 Å². The average Bonchev–Trinajstić information content (AvgIpc) is 2.80. The van der Waals surface area contributed by atoms with E-state index in [0.717, 1.165) is 38.8 Å². The Balaban J connectivity index is 2.18. The molecule has 1 aliphatic rings. The topological polar surface area (TPSA) is 57.6 Å². The summed E-state index contributed by atoms with van der Waals surface area (Å²) in [6.45, 7) is 1.50. The van der Waals surface area contributed by atoms with Gasteiger partial charge in [-0.3, -0.25) is 9.59 Å². The molecule has 0 radical (unpaired) electrons. The van der Waals surface area contributed by atoms with E-state index in [-0.39, 0.29) is 12.3 Å². The summed E-state index contributed by atoms with van der Waals surface area (Å²) < 4.78 is 0. The highest BCUT2D eigenvalue weighted by atomic mass is 16.4. The molecule has 1 fully saturated rings.